The average molecular weight is 244 g/mol. The van der Waals surface area contributed by atoms with E-state index in [0.717, 1.165) is 23.4 Å². The lowest BCUT2D eigenvalue weighted by Crippen LogP contribution is -2.31. The molecule has 0 amide bonds. The molecule has 0 spiro atoms. The predicted octanol–water partition coefficient (Wildman–Crippen LogP) is 3.98. The van der Waals surface area contributed by atoms with E-state index in [4.69, 9.17) is 28.9 Å². The first-order valence-electron chi connectivity index (χ1n) is 5.39. The highest BCUT2D eigenvalue weighted by Crippen LogP contribution is 2.36. The zero-order chi connectivity index (χ0) is 10.8. The molecule has 0 radical (unpaired) electrons. The molecule has 0 unspecified atom stereocenters. The second-order valence-corrected chi connectivity index (χ2v) is 5.06. The molecule has 82 valence electrons. The smallest absolute Gasteiger partial charge is 0.0456 e. The Morgan fingerprint density at radius 3 is 2.53 bits per heavy atom. The Morgan fingerprint density at radius 1 is 1.13 bits per heavy atom. The molecule has 1 aromatic carbocycles. The van der Waals surface area contributed by atoms with Gasteiger partial charge in [0.25, 0.3) is 0 Å². The molecule has 1 fully saturated rings. The highest BCUT2D eigenvalue weighted by Gasteiger charge is 2.24. The minimum Gasteiger partial charge on any atom is -0.327 e. The molecule has 2 N–H and O–H groups in total. The lowest BCUT2D eigenvalue weighted by Gasteiger charge is -2.29. The maximum Gasteiger partial charge on any atom is 0.0456 e. The zero-order valence-corrected chi connectivity index (χ0v) is 10.1. The standard InChI is InChI=1S/C12H15Cl2N/c13-8-5-6-9(11(14)7-8)10-3-1-2-4-12(10)15/h5-7,10,12H,1-4,15H2/t10-,12+/m1/s1. The summed E-state index contributed by atoms with van der Waals surface area (Å²) in [4.78, 5) is 0. The van der Waals surface area contributed by atoms with E-state index in [1.54, 1.807) is 6.07 Å². The van der Waals surface area contributed by atoms with Crippen LogP contribution in [-0.2, 0) is 0 Å². The molecule has 0 saturated heterocycles. The van der Waals surface area contributed by atoms with Crippen LogP contribution in [0.3, 0.4) is 0 Å². The van der Waals surface area contributed by atoms with Crippen molar-refractivity contribution in [3.05, 3.63) is 33.8 Å². The van der Waals surface area contributed by atoms with Crippen LogP contribution in [-0.4, -0.2) is 6.04 Å². The molecule has 15 heavy (non-hydrogen) atoms. The molecule has 1 aliphatic rings. The van der Waals surface area contributed by atoms with Gasteiger partial charge in [0.2, 0.25) is 0 Å². The topological polar surface area (TPSA) is 26.0 Å². The minimum absolute atomic E-state index is 0.248. The highest BCUT2D eigenvalue weighted by molar-refractivity contribution is 6.35. The van der Waals surface area contributed by atoms with Gasteiger partial charge in [0.05, 0.1) is 0 Å². The fourth-order valence-corrected chi connectivity index (χ4v) is 2.90. The van der Waals surface area contributed by atoms with Crippen LogP contribution < -0.4 is 5.73 Å². The first-order valence-corrected chi connectivity index (χ1v) is 6.14. The van der Waals surface area contributed by atoms with Gasteiger partial charge in [-0.1, -0.05) is 42.1 Å². The quantitative estimate of drug-likeness (QED) is 0.794. The summed E-state index contributed by atoms with van der Waals surface area (Å²) in [5.41, 5.74) is 7.29. The number of nitrogens with two attached hydrogens (primary N) is 1. The molecule has 0 heterocycles. The van der Waals surface area contributed by atoms with Crippen LogP contribution in [0.25, 0.3) is 0 Å². The minimum atomic E-state index is 0.248. The highest BCUT2D eigenvalue weighted by atomic mass is 35.5. The Morgan fingerprint density at radius 2 is 1.87 bits per heavy atom. The Labute approximate surface area is 101 Å². The normalized spacial score (nSPS) is 26.6. The molecule has 1 saturated carbocycles. The Bertz CT molecular complexity index is 351. The van der Waals surface area contributed by atoms with Crippen molar-refractivity contribution in [1.29, 1.82) is 0 Å². The van der Waals surface area contributed by atoms with Crippen molar-refractivity contribution in [2.45, 2.75) is 37.6 Å². The third kappa shape index (κ3) is 2.47. The van der Waals surface area contributed by atoms with Crippen LogP contribution in [0.4, 0.5) is 0 Å². The van der Waals surface area contributed by atoms with E-state index in [1.165, 1.54) is 12.8 Å². The van der Waals surface area contributed by atoms with Gasteiger partial charge in [0, 0.05) is 22.0 Å². The molecule has 0 aromatic heterocycles. The van der Waals surface area contributed by atoms with Crippen LogP contribution in [0.2, 0.25) is 10.0 Å². The maximum absolute atomic E-state index is 6.19. The lowest BCUT2D eigenvalue weighted by molar-refractivity contribution is 0.385. The van der Waals surface area contributed by atoms with Crippen molar-refractivity contribution in [2.24, 2.45) is 5.73 Å². The fraction of sp³-hybridized carbons (Fsp3) is 0.500. The Hall–Kier alpha value is -0.240. The number of benzene rings is 1. The van der Waals surface area contributed by atoms with Gasteiger partial charge >= 0.3 is 0 Å². The van der Waals surface area contributed by atoms with Crippen molar-refractivity contribution in [2.75, 3.05) is 0 Å². The fourth-order valence-electron chi connectivity index (χ4n) is 2.35. The molecule has 2 rings (SSSR count). The van der Waals surface area contributed by atoms with Gasteiger partial charge in [-0.25, -0.2) is 0 Å². The van der Waals surface area contributed by atoms with Gasteiger partial charge in [-0.15, -0.1) is 0 Å². The maximum atomic E-state index is 6.19. The molecule has 0 bridgehead atoms. The van der Waals surface area contributed by atoms with Crippen molar-refractivity contribution < 1.29 is 0 Å². The molecular formula is C12H15Cl2N. The lowest BCUT2D eigenvalue weighted by atomic mass is 9.80. The summed E-state index contributed by atoms with van der Waals surface area (Å²) in [5.74, 6) is 0.406. The van der Waals surface area contributed by atoms with Crippen molar-refractivity contribution in [3.63, 3.8) is 0 Å². The van der Waals surface area contributed by atoms with Crippen LogP contribution in [0, 0.1) is 0 Å². The van der Waals surface area contributed by atoms with E-state index in [2.05, 4.69) is 0 Å². The van der Waals surface area contributed by atoms with Gasteiger partial charge < -0.3 is 5.73 Å². The summed E-state index contributed by atoms with van der Waals surface area (Å²) >= 11 is 12.1. The van der Waals surface area contributed by atoms with Gasteiger partial charge in [-0.05, 0) is 30.5 Å². The van der Waals surface area contributed by atoms with Crippen LogP contribution >= 0.6 is 23.2 Å². The Balaban J connectivity index is 2.27. The van der Waals surface area contributed by atoms with Crippen LogP contribution in [0.1, 0.15) is 37.2 Å². The summed E-state index contributed by atoms with van der Waals surface area (Å²) in [6.45, 7) is 0. The van der Waals surface area contributed by atoms with E-state index >= 15 is 0 Å². The second kappa shape index (κ2) is 4.73. The largest absolute Gasteiger partial charge is 0.327 e. The molecule has 1 aromatic rings. The van der Waals surface area contributed by atoms with Crippen LogP contribution in [0.5, 0.6) is 0 Å². The summed E-state index contributed by atoms with van der Waals surface area (Å²) in [6, 6.07) is 5.96. The van der Waals surface area contributed by atoms with Gasteiger partial charge in [0.1, 0.15) is 0 Å². The van der Waals surface area contributed by atoms with E-state index in [1.807, 2.05) is 12.1 Å². The monoisotopic (exact) mass is 243 g/mol. The third-order valence-electron chi connectivity index (χ3n) is 3.18. The predicted molar refractivity (Wildman–Crippen MR) is 65.6 cm³/mol. The number of hydrogen-bond acceptors (Lipinski definition) is 1. The molecule has 3 heteroatoms. The first-order chi connectivity index (χ1) is 7.18. The number of hydrogen-bond donors (Lipinski definition) is 1. The van der Waals surface area contributed by atoms with E-state index in [0.29, 0.717) is 10.9 Å². The summed E-state index contributed by atoms with van der Waals surface area (Å²) < 4.78 is 0. The molecule has 1 nitrogen and oxygen atoms in total. The molecular weight excluding hydrogens is 229 g/mol. The van der Waals surface area contributed by atoms with E-state index in [9.17, 15) is 0 Å². The Kier molecular flexibility index (Phi) is 3.55. The summed E-state index contributed by atoms with van der Waals surface area (Å²) in [5, 5.41) is 1.44. The number of halogens is 2. The molecule has 1 aliphatic carbocycles. The van der Waals surface area contributed by atoms with Crippen molar-refractivity contribution in [1.82, 2.24) is 0 Å². The SMILES string of the molecule is N[C@H]1CCCC[C@@H]1c1ccc(Cl)cc1Cl. The number of rotatable bonds is 1. The molecule has 0 aliphatic heterocycles. The zero-order valence-electron chi connectivity index (χ0n) is 8.55. The van der Waals surface area contributed by atoms with Gasteiger partial charge in [0.15, 0.2) is 0 Å². The summed E-state index contributed by atoms with van der Waals surface area (Å²) in [7, 11) is 0. The van der Waals surface area contributed by atoms with Crippen molar-refractivity contribution in [3.8, 4) is 0 Å². The second-order valence-electron chi connectivity index (χ2n) is 4.22. The van der Waals surface area contributed by atoms with Gasteiger partial charge in [-0.3, -0.25) is 0 Å². The summed E-state index contributed by atoms with van der Waals surface area (Å²) in [6.07, 6.45) is 4.73. The van der Waals surface area contributed by atoms with Crippen LogP contribution in [0.15, 0.2) is 18.2 Å². The van der Waals surface area contributed by atoms with Crippen molar-refractivity contribution >= 4 is 23.2 Å². The third-order valence-corrected chi connectivity index (χ3v) is 3.74. The molecule has 2 atom stereocenters. The van der Waals surface area contributed by atoms with E-state index in [-0.39, 0.29) is 6.04 Å². The van der Waals surface area contributed by atoms with E-state index < -0.39 is 0 Å². The average Bonchev–Trinajstić information content (AvgIpc) is 2.20. The van der Waals surface area contributed by atoms with Gasteiger partial charge in [-0.2, -0.15) is 0 Å². The first kappa shape index (κ1) is 11.3.